The van der Waals surface area contributed by atoms with E-state index in [4.69, 9.17) is 8.83 Å². The molecule has 0 amide bonds. The lowest BCUT2D eigenvalue weighted by Crippen LogP contribution is -2.56. The molecule has 1 unspecified atom stereocenters. The van der Waals surface area contributed by atoms with E-state index in [-0.39, 0.29) is 13.2 Å². The third kappa shape index (κ3) is 4.25. The Morgan fingerprint density at radius 2 is 1.64 bits per heavy atom. The van der Waals surface area contributed by atoms with Crippen molar-refractivity contribution in [3.05, 3.63) is 60.0 Å². The molecule has 3 saturated heterocycles. The number of nitrogens with zero attached hydrogens (tertiary/aromatic N) is 2. The first-order chi connectivity index (χ1) is 13.7. The molecule has 2 aromatic heterocycles. The molecule has 5 heterocycles. The Labute approximate surface area is 166 Å². The Kier molecular flexibility index (Phi) is 6.01. The van der Waals surface area contributed by atoms with E-state index in [2.05, 4.69) is 22.5 Å². The van der Waals surface area contributed by atoms with Crippen molar-refractivity contribution in [1.29, 1.82) is 0 Å². The summed E-state index contributed by atoms with van der Waals surface area (Å²) in [6.07, 6.45) is 4.60. The summed E-state index contributed by atoms with van der Waals surface area (Å²) >= 11 is 0. The summed E-state index contributed by atoms with van der Waals surface area (Å²) in [4.78, 5) is 4.94. The number of aliphatic hydroxyl groups is 2. The van der Waals surface area contributed by atoms with E-state index in [1.807, 2.05) is 24.3 Å². The standard InChI is InChI=1S/C22H30N2O4/c1-2-16-10-24-8-7-17(16)9-18(24)11-23(12-19-3-5-21(14-25)27-19)13-20-4-6-22(15-26)28-20/h2-6,16-18,25-26H,1,7-15H2/t16-,17-,18+/m0/s1. The van der Waals surface area contributed by atoms with Crippen molar-refractivity contribution in [2.45, 2.75) is 45.2 Å². The molecule has 2 aromatic rings. The van der Waals surface area contributed by atoms with Crippen LogP contribution >= 0.6 is 0 Å². The Morgan fingerprint density at radius 3 is 2.11 bits per heavy atom. The van der Waals surface area contributed by atoms with E-state index in [9.17, 15) is 10.2 Å². The average molecular weight is 386 g/mol. The maximum Gasteiger partial charge on any atom is 0.129 e. The highest BCUT2D eigenvalue weighted by Gasteiger charge is 2.39. The number of fused-ring (bicyclic) bond motifs is 3. The van der Waals surface area contributed by atoms with Crippen molar-refractivity contribution >= 4 is 0 Å². The van der Waals surface area contributed by atoms with Crippen LogP contribution in [0.3, 0.4) is 0 Å². The predicted molar refractivity (Wildman–Crippen MR) is 105 cm³/mol. The molecule has 2 N–H and O–H groups in total. The second-order valence-corrected chi connectivity index (χ2v) is 8.05. The third-order valence-corrected chi connectivity index (χ3v) is 6.21. The molecule has 0 aliphatic carbocycles. The van der Waals surface area contributed by atoms with E-state index >= 15 is 0 Å². The van der Waals surface area contributed by atoms with E-state index < -0.39 is 0 Å². The van der Waals surface area contributed by atoms with Gasteiger partial charge in [0.2, 0.25) is 0 Å². The van der Waals surface area contributed by atoms with Crippen LogP contribution in [-0.4, -0.2) is 45.7 Å². The van der Waals surface area contributed by atoms with Crippen LogP contribution in [0.15, 0.2) is 45.8 Å². The summed E-state index contributed by atoms with van der Waals surface area (Å²) in [6, 6.07) is 8.03. The summed E-state index contributed by atoms with van der Waals surface area (Å²) in [6.45, 7) is 8.38. The number of aliphatic hydroxyl groups excluding tert-OH is 2. The molecular weight excluding hydrogens is 356 g/mol. The van der Waals surface area contributed by atoms with Crippen molar-refractivity contribution < 1.29 is 19.0 Å². The molecule has 6 nitrogen and oxygen atoms in total. The monoisotopic (exact) mass is 386 g/mol. The lowest BCUT2D eigenvalue weighted by atomic mass is 9.75. The second-order valence-electron chi connectivity index (χ2n) is 8.05. The molecule has 0 aromatic carbocycles. The van der Waals surface area contributed by atoms with Crippen LogP contribution < -0.4 is 0 Å². The van der Waals surface area contributed by atoms with Crippen LogP contribution in [0.5, 0.6) is 0 Å². The van der Waals surface area contributed by atoms with Crippen molar-refractivity contribution in [2.24, 2.45) is 11.8 Å². The van der Waals surface area contributed by atoms with Crippen molar-refractivity contribution in [3.63, 3.8) is 0 Å². The summed E-state index contributed by atoms with van der Waals surface area (Å²) in [5.41, 5.74) is 0. The first-order valence-corrected chi connectivity index (χ1v) is 10.1. The molecule has 0 radical (unpaired) electrons. The van der Waals surface area contributed by atoms with Gasteiger partial charge in [-0.15, -0.1) is 6.58 Å². The molecule has 3 aliphatic rings. The van der Waals surface area contributed by atoms with E-state index in [1.54, 1.807) is 0 Å². The second kappa shape index (κ2) is 8.66. The van der Waals surface area contributed by atoms with Crippen LogP contribution in [0.2, 0.25) is 0 Å². The van der Waals surface area contributed by atoms with Crippen LogP contribution in [0.4, 0.5) is 0 Å². The Balaban J connectivity index is 1.46. The Bertz CT molecular complexity index is 739. The number of piperidine rings is 3. The molecule has 2 bridgehead atoms. The molecule has 0 saturated carbocycles. The lowest BCUT2D eigenvalue weighted by Gasteiger charge is -2.50. The predicted octanol–water partition coefficient (Wildman–Crippen LogP) is 2.76. The SMILES string of the molecule is C=C[C@H]1CN2CC[C@H]1C[C@@H]2CN(Cc1ccc(CO)o1)Cc1ccc(CO)o1. The highest BCUT2D eigenvalue weighted by atomic mass is 16.4. The maximum atomic E-state index is 9.27. The van der Waals surface area contributed by atoms with E-state index in [0.29, 0.717) is 36.6 Å². The zero-order valence-electron chi connectivity index (χ0n) is 16.3. The summed E-state index contributed by atoms with van der Waals surface area (Å²) < 4.78 is 11.4. The summed E-state index contributed by atoms with van der Waals surface area (Å²) in [5, 5.41) is 18.5. The van der Waals surface area contributed by atoms with Gasteiger partial charge in [0.1, 0.15) is 36.3 Å². The highest BCUT2D eigenvalue weighted by molar-refractivity contribution is 5.09. The largest absolute Gasteiger partial charge is 0.462 e. The molecule has 28 heavy (non-hydrogen) atoms. The first-order valence-electron chi connectivity index (χ1n) is 10.1. The van der Waals surface area contributed by atoms with Gasteiger partial charge in [-0.05, 0) is 55.5 Å². The van der Waals surface area contributed by atoms with Crippen LogP contribution in [-0.2, 0) is 26.3 Å². The van der Waals surface area contributed by atoms with Crippen LogP contribution in [0.1, 0.15) is 35.9 Å². The van der Waals surface area contributed by atoms with Gasteiger partial charge >= 0.3 is 0 Å². The fourth-order valence-corrected chi connectivity index (χ4v) is 4.75. The van der Waals surface area contributed by atoms with Gasteiger partial charge in [-0.2, -0.15) is 0 Å². The molecule has 4 atom stereocenters. The molecular formula is C22H30N2O4. The number of hydrogen-bond donors (Lipinski definition) is 2. The Morgan fingerprint density at radius 1 is 1.04 bits per heavy atom. The van der Waals surface area contributed by atoms with Crippen LogP contribution in [0, 0.1) is 11.8 Å². The van der Waals surface area contributed by atoms with Crippen molar-refractivity contribution in [3.8, 4) is 0 Å². The smallest absolute Gasteiger partial charge is 0.129 e. The van der Waals surface area contributed by atoms with Gasteiger partial charge in [0.15, 0.2) is 0 Å². The van der Waals surface area contributed by atoms with Gasteiger partial charge < -0.3 is 19.0 Å². The minimum atomic E-state index is -0.0843. The fraction of sp³-hybridized carbons (Fsp3) is 0.545. The maximum absolute atomic E-state index is 9.27. The number of furan rings is 2. The quantitative estimate of drug-likeness (QED) is 0.646. The van der Waals surface area contributed by atoms with Gasteiger partial charge in [0.25, 0.3) is 0 Å². The minimum absolute atomic E-state index is 0.0843. The molecule has 152 valence electrons. The normalized spacial score (nSPS) is 26.8. The molecule has 6 heteroatoms. The van der Waals surface area contributed by atoms with Gasteiger partial charge in [-0.3, -0.25) is 9.80 Å². The fourth-order valence-electron chi connectivity index (χ4n) is 4.75. The average Bonchev–Trinajstić information content (AvgIpc) is 3.37. The zero-order valence-corrected chi connectivity index (χ0v) is 16.3. The molecule has 5 rings (SSSR count). The van der Waals surface area contributed by atoms with Gasteiger partial charge in [0.05, 0.1) is 13.1 Å². The Hall–Kier alpha value is -1.86. The lowest BCUT2D eigenvalue weighted by molar-refractivity contribution is -0.00181. The number of rotatable bonds is 9. The van der Waals surface area contributed by atoms with E-state index in [1.165, 1.54) is 19.4 Å². The highest BCUT2D eigenvalue weighted by Crippen LogP contribution is 2.37. The molecule has 3 fully saturated rings. The van der Waals surface area contributed by atoms with Gasteiger partial charge in [-0.1, -0.05) is 6.08 Å². The summed E-state index contributed by atoms with van der Waals surface area (Å²) in [7, 11) is 0. The zero-order chi connectivity index (χ0) is 19.5. The van der Waals surface area contributed by atoms with Gasteiger partial charge in [0, 0.05) is 19.1 Å². The minimum Gasteiger partial charge on any atom is -0.462 e. The van der Waals surface area contributed by atoms with Gasteiger partial charge in [-0.25, -0.2) is 0 Å². The first kappa shape index (κ1) is 19.5. The molecule has 3 aliphatic heterocycles. The van der Waals surface area contributed by atoms with E-state index in [0.717, 1.165) is 30.5 Å². The topological polar surface area (TPSA) is 73.2 Å². The van der Waals surface area contributed by atoms with Crippen LogP contribution in [0.25, 0.3) is 0 Å². The number of hydrogen-bond acceptors (Lipinski definition) is 6. The van der Waals surface area contributed by atoms with Crippen molar-refractivity contribution in [2.75, 3.05) is 19.6 Å². The molecule has 0 spiro atoms. The van der Waals surface area contributed by atoms with Crippen molar-refractivity contribution in [1.82, 2.24) is 9.80 Å². The summed E-state index contributed by atoms with van der Waals surface area (Å²) in [5.74, 6) is 4.22. The third-order valence-electron chi connectivity index (χ3n) is 6.21.